The molecule has 158 valence electrons. The van der Waals surface area contributed by atoms with E-state index in [1.807, 2.05) is 0 Å². The quantitative estimate of drug-likeness (QED) is 0.730. The zero-order chi connectivity index (χ0) is 20.4. The topological polar surface area (TPSA) is 89.5 Å². The zero-order valence-corrected chi connectivity index (χ0v) is 17.6. The molecule has 2 aromatic rings. The van der Waals surface area contributed by atoms with Crippen molar-refractivity contribution in [3.63, 3.8) is 0 Å². The third-order valence-corrected chi connectivity index (χ3v) is 6.04. The normalized spacial score (nSPS) is 18.2. The van der Waals surface area contributed by atoms with Gasteiger partial charge in [0.2, 0.25) is 0 Å². The monoisotopic (exact) mass is 402 g/mol. The summed E-state index contributed by atoms with van der Waals surface area (Å²) in [6, 6.07) is 0. The summed E-state index contributed by atoms with van der Waals surface area (Å²) >= 11 is 0. The van der Waals surface area contributed by atoms with Crippen LogP contribution in [0.2, 0.25) is 0 Å². The van der Waals surface area contributed by atoms with Crippen LogP contribution >= 0.6 is 0 Å². The molecule has 0 radical (unpaired) electrons. The number of carbonyl (C=O) groups is 1. The van der Waals surface area contributed by atoms with Gasteiger partial charge in [0.05, 0.1) is 18.7 Å². The van der Waals surface area contributed by atoms with Gasteiger partial charge in [-0.3, -0.25) is 4.79 Å². The first-order valence-corrected chi connectivity index (χ1v) is 10.5. The third kappa shape index (κ3) is 3.93. The van der Waals surface area contributed by atoms with Crippen LogP contribution in [0.4, 0.5) is 0 Å². The maximum atomic E-state index is 13.0. The van der Waals surface area contributed by atoms with Gasteiger partial charge in [0.15, 0.2) is 11.5 Å². The number of amides is 1. The predicted molar refractivity (Wildman–Crippen MR) is 105 cm³/mol. The van der Waals surface area contributed by atoms with Crippen LogP contribution in [0.1, 0.15) is 65.6 Å². The number of likely N-dealkylation sites (tertiary alicyclic amines) is 1. The molecule has 9 heteroatoms. The van der Waals surface area contributed by atoms with Crippen molar-refractivity contribution in [1.82, 2.24) is 29.7 Å². The largest absolute Gasteiger partial charge is 0.380 e. The van der Waals surface area contributed by atoms with E-state index in [2.05, 4.69) is 31.7 Å². The molecule has 4 heterocycles. The Labute approximate surface area is 171 Å². The highest BCUT2D eigenvalue weighted by molar-refractivity contribution is 5.93. The number of fused-ring (bicyclic) bond motifs is 1. The van der Waals surface area contributed by atoms with Crippen LogP contribution in [0.15, 0.2) is 4.52 Å². The molecule has 2 aliphatic heterocycles. The third-order valence-electron chi connectivity index (χ3n) is 6.04. The second-order valence-corrected chi connectivity index (χ2v) is 7.97. The predicted octanol–water partition coefficient (Wildman–Crippen LogP) is 1.97. The number of rotatable bonds is 6. The molecular formula is C20H30N6O3. The van der Waals surface area contributed by atoms with E-state index >= 15 is 0 Å². The van der Waals surface area contributed by atoms with Crippen LogP contribution < -0.4 is 0 Å². The van der Waals surface area contributed by atoms with Gasteiger partial charge in [-0.15, -0.1) is 10.2 Å². The van der Waals surface area contributed by atoms with Gasteiger partial charge < -0.3 is 23.6 Å². The molecule has 0 unspecified atom stereocenters. The number of hydrogen-bond acceptors (Lipinski definition) is 7. The molecule has 1 fully saturated rings. The van der Waals surface area contributed by atoms with Gasteiger partial charge in [-0.1, -0.05) is 12.1 Å². The molecule has 29 heavy (non-hydrogen) atoms. The van der Waals surface area contributed by atoms with Crippen LogP contribution in [0.5, 0.6) is 0 Å². The van der Waals surface area contributed by atoms with E-state index in [0.29, 0.717) is 42.6 Å². The Hall–Kier alpha value is -2.26. The minimum absolute atomic E-state index is 0.141. The Bertz CT molecular complexity index is 853. The summed E-state index contributed by atoms with van der Waals surface area (Å²) in [5.74, 6) is 2.87. The summed E-state index contributed by atoms with van der Waals surface area (Å²) < 4.78 is 12.6. The molecule has 9 nitrogen and oxygen atoms in total. The summed E-state index contributed by atoms with van der Waals surface area (Å²) in [4.78, 5) is 17.3. The van der Waals surface area contributed by atoms with Gasteiger partial charge in [-0.05, 0) is 45.8 Å². The first kappa shape index (κ1) is 20.0. The fourth-order valence-corrected chi connectivity index (χ4v) is 4.41. The van der Waals surface area contributed by atoms with E-state index < -0.39 is 0 Å². The molecule has 1 saturated heterocycles. The van der Waals surface area contributed by atoms with Crippen molar-refractivity contribution < 1.29 is 14.1 Å². The van der Waals surface area contributed by atoms with Gasteiger partial charge in [0, 0.05) is 26.1 Å². The summed E-state index contributed by atoms with van der Waals surface area (Å²) in [6.45, 7) is 9.53. The van der Waals surface area contributed by atoms with Gasteiger partial charge in [-0.25, -0.2) is 0 Å². The number of aryl methyl sites for hydroxylation is 1. The van der Waals surface area contributed by atoms with Crippen LogP contribution in [0.3, 0.4) is 0 Å². The van der Waals surface area contributed by atoms with Crippen molar-refractivity contribution in [2.24, 2.45) is 0 Å². The lowest BCUT2D eigenvalue weighted by Crippen LogP contribution is -2.40. The zero-order valence-electron chi connectivity index (χ0n) is 17.6. The lowest BCUT2D eigenvalue weighted by molar-refractivity contribution is 0.0690. The van der Waals surface area contributed by atoms with Crippen molar-refractivity contribution in [1.29, 1.82) is 0 Å². The van der Waals surface area contributed by atoms with Crippen molar-refractivity contribution >= 4 is 5.91 Å². The Morgan fingerprint density at radius 3 is 2.72 bits per heavy atom. The highest BCUT2D eigenvalue weighted by atomic mass is 16.5. The van der Waals surface area contributed by atoms with Crippen LogP contribution in [-0.2, 0) is 24.4 Å². The number of carbonyl (C=O) groups excluding carboxylic acids is 1. The van der Waals surface area contributed by atoms with Gasteiger partial charge in [0.25, 0.3) is 5.91 Å². The van der Waals surface area contributed by atoms with E-state index in [9.17, 15) is 4.79 Å². The van der Waals surface area contributed by atoms with Crippen LogP contribution in [-0.4, -0.2) is 68.9 Å². The van der Waals surface area contributed by atoms with Gasteiger partial charge >= 0.3 is 0 Å². The van der Waals surface area contributed by atoms with Crippen molar-refractivity contribution in [2.45, 2.75) is 58.7 Å². The molecule has 0 saturated carbocycles. The standard InChI is InChI=1S/C20H30N6O3/c1-4-7-24-8-5-15(6-9-24)19-22-21-17-12-25(10-11-26(17)19)20(27)18-16(13-28-3)14(2)29-23-18/h15H,4-13H2,1-3H3. The highest BCUT2D eigenvalue weighted by Gasteiger charge is 2.32. The van der Waals surface area contributed by atoms with Crippen molar-refractivity contribution in [3.8, 4) is 0 Å². The molecule has 1 amide bonds. The Morgan fingerprint density at radius 1 is 1.21 bits per heavy atom. The average Bonchev–Trinajstić information content (AvgIpc) is 3.32. The van der Waals surface area contributed by atoms with Crippen molar-refractivity contribution in [3.05, 3.63) is 28.7 Å². The van der Waals surface area contributed by atoms with Gasteiger partial charge in [0.1, 0.15) is 11.6 Å². The molecule has 0 aromatic carbocycles. The number of nitrogens with zero attached hydrogens (tertiary/aromatic N) is 6. The summed E-state index contributed by atoms with van der Waals surface area (Å²) in [5.41, 5.74) is 1.05. The number of ether oxygens (including phenoxy) is 1. The summed E-state index contributed by atoms with van der Waals surface area (Å²) in [7, 11) is 1.60. The minimum Gasteiger partial charge on any atom is -0.380 e. The lowest BCUT2D eigenvalue weighted by atomic mass is 9.95. The number of hydrogen-bond donors (Lipinski definition) is 0. The number of methoxy groups -OCH3 is 1. The van der Waals surface area contributed by atoms with E-state index in [4.69, 9.17) is 9.26 Å². The molecule has 0 bridgehead atoms. The molecular weight excluding hydrogens is 372 g/mol. The van der Waals surface area contributed by atoms with E-state index in [1.54, 1.807) is 18.9 Å². The van der Waals surface area contributed by atoms with E-state index in [0.717, 1.165) is 44.1 Å². The summed E-state index contributed by atoms with van der Waals surface area (Å²) in [5, 5.41) is 12.9. The Kier molecular flexibility index (Phi) is 5.96. The molecule has 0 aliphatic carbocycles. The fraction of sp³-hybridized carbons (Fsp3) is 0.700. The maximum absolute atomic E-state index is 13.0. The SMILES string of the molecule is CCCN1CCC(c2nnc3n2CCN(C(=O)c2noc(C)c2COC)C3)CC1. The molecule has 0 atom stereocenters. The second kappa shape index (κ2) is 8.62. The highest BCUT2D eigenvalue weighted by Crippen LogP contribution is 2.29. The van der Waals surface area contributed by atoms with Gasteiger partial charge in [-0.2, -0.15) is 0 Å². The first-order chi connectivity index (χ1) is 14.1. The molecule has 0 N–H and O–H groups in total. The molecule has 2 aliphatic rings. The minimum atomic E-state index is -0.141. The Morgan fingerprint density at radius 2 is 2.00 bits per heavy atom. The van der Waals surface area contributed by atoms with Crippen molar-refractivity contribution in [2.75, 3.05) is 33.3 Å². The Balaban J connectivity index is 1.45. The van der Waals surface area contributed by atoms with Crippen LogP contribution in [0, 0.1) is 6.92 Å². The number of aromatic nitrogens is 4. The first-order valence-electron chi connectivity index (χ1n) is 10.5. The fourth-order valence-electron chi connectivity index (χ4n) is 4.41. The summed E-state index contributed by atoms with van der Waals surface area (Å²) in [6.07, 6.45) is 3.45. The molecule has 2 aromatic heterocycles. The average molecular weight is 402 g/mol. The number of piperidine rings is 1. The maximum Gasteiger partial charge on any atom is 0.276 e. The molecule has 0 spiro atoms. The van der Waals surface area contributed by atoms with E-state index in [1.165, 1.54) is 13.0 Å². The second-order valence-electron chi connectivity index (χ2n) is 7.97. The van der Waals surface area contributed by atoms with E-state index in [-0.39, 0.29) is 5.91 Å². The lowest BCUT2D eigenvalue weighted by Gasteiger charge is -2.32. The van der Waals surface area contributed by atoms with Crippen LogP contribution in [0.25, 0.3) is 0 Å². The smallest absolute Gasteiger partial charge is 0.276 e. The molecule has 4 rings (SSSR count).